The van der Waals surface area contributed by atoms with Gasteiger partial charge in [0, 0.05) is 16.8 Å². The Balaban J connectivity index is 2.07. The number of hydrogen-bond acceptors (Lipinski definition) is 4. The van der Waals surface area contributed by atoms with Gasteiger partial charge in [0.25, 0.3) is 0 Å². The molecule has 0 fully saturated rings. The normalized spacial score (nSPS) is 12.0. The van der Waals surface area contributed by atoms with Crippen LogP contribution in [0.5, 0.6) is 5.75 Å². The minimum absolute atomic E-state index is 0.000999. The van der Waals surface area contributed by atoms with E-state index in [-0.39, 0.29) is 5.41 Å². The highest BCUT2D eigenvalue weighted by Gasteiger charge is 2.25. The van der Waals surface area contributed by atoms with E-state index in [1.165, 1.54) is 4.88 Å². The molecule has 2 N–H and O–H groups in total. The van der Waals surface area contributed by atoms with Crippen LogP contribution in [-0.4, -0.2) is 16.7 Å². The second-order valence-electron chi connectivity index (χ2n) is 5.75. The van der Waals surface area contributed by atoms with Gasteiger partial charge in [0.05, 0.1) is 12.6 Å². The van der Waals surface area contributed by atoms with Crippen LogP contribution >= 0.6 is 11.3 Å². The monoisotopic (exact) mass is 301 g/mol. The average Bonchev–Trinajstić information content (AvgIpc) is 3.08. The van der Waals surface area contributed by atoms with E-state index in [1.54, 1.807) is 18.4 Å². The second kappa shape index (κ2) is 5.07. The molecule has 0 atom stereocenters. The molecular formula is C16H19N3OS. The number of nitrogens with zero attached hydrogens (tertiary/aromatic N) is 2. The van der Waals surface area contributed by atoms with Gasteiger partial charge in [-0.05, 0) is 23.6 Å². The molecule has 2 heterocycles. The molecule has 0 unspecified atom stereocenters. The van der Waals surface area contributed by atoms with Gasteiger partial charge in [-0.3, -0.25) is 0 Å². The summed E-state index contributed by atoms with van der Waals surface area (Å²) < 4.78 is 7.44. The third kappa shape index (κ3) is 2.38. The summed E-state index contributed by atoms with van der Waals surface area (Å²) in [5.41, 5.74) is 7.97. The quantitative estimate of drug-likeness (QED) is 0.800. The molecule has 3 rings (SSSR count). The van der Waals surface area contributed by atoms with E-state index < -0.39 is 0 Å². The number of para-hydroxylation sites is 1. The van der Waals surface area contributed by atoms with Crippen LogP contribution < -0.4 is 10.5 Å². The summed E-state index contributed by atoms with van der Waals surface area (Å²) >= 11 is 1.77. The zero-order valence-electron chi connectivity index (χ0n) is 12.5. The average molecular weight is 301 g/mol. The van der Waals surface area contributed by atoms with Crippen molar-refractivity contribution in [3.63, 3.8) is 0 Å². The van der Waals surface area contributed by atoms with Gasteiger partial charge < -0.3 is 15.0 Å². The molecular weight excluding hydrogens is 282 g/mol. The number of fused-ring (bicyclic) bond motifs is 1. The molecule has 0 saturated heterocycles. The maximum Gasteiger partial charge on any atom is 0.201 e. The van der Waals surface area contributed by atoms with Gasteiger partial charge in [0.15, 0.2) is 0 Å². The van der Waals surface area contributed by atoms with Crippen molar-refractivity contribution < 1.29 is 4.74 Å². The maximum absolute atomic E-state index is 6.14. The number of ether oxygens (including phenoxy) is 1. The predicted octanol–water partition coefficient (Wildman–Crippen LogP) is 3.67. The summed E-state index contributed by atoms with van der Waals surface area (Å²) in [6.07, 6.45) is 0. The Hall–Kier alpha value is -2.01. The van der Waals surface area contributed by atoms with Crippen LogP contribution in [0.1, 0.15) is 18.7 Å². The first-order chi connectivity index (χ1) is 10.0. The molecule has 0 amide bonds. The minimum Gasteiger partial charge on any atom is -0.494 e. The van der Waals surface area contributed by atoms with Crippen molar-refractivity contribution in [2.24, 2.45) is 0 Å². The van der Waals surface area contributed by atoms with Crippen molar-refractivity contribution in [2.45, 2.75) is 25.8 Å². The molecule has 0 bridgehead atoms. The van der Waals surface area contributed by atoms with Crippen molar-refractivity contribution in [1.29, 1.82) is 0 Å². The Morgan fingerprint density at radius 2 is 2.10 bits per heavy atom. The molecule has 0 saturated carbocycles. The number of thiophene rings is 1. The molecule has 0 spiro atoms. The van der Waals surface area contributed by atoms with Gasteiger partial charge in [0.2, 0.25) is 5.95 Å². The van der Waals surface area contributed by atoms with E-state index >= 15 is 0 Å². The topological polar surface area (TPSA) is 53.1 Å². The van der Waals surface area contributed by atoms with Crippen LogP contribution in [0.2, 0.25) is 0 Å². The van der Waals surface area contributed by atoms with Gasteiger partial charge in [-0.1, -0.05) is 26.0 Å². The first-order valence-corrected chi connectivity index (χ1v) is 7.73. The van der Waals surface area contributed by atoms with Crippen molar-refractivity contribution in [3.05, 3.63) is 40.6 Å². The van der Waals surface area contributed by atoms with Crippen LogP contribution in [-0.2, 0) is 12.0 Å². The van der Waals surface area contributed by atoms with Gasteiger partial charge in [-0.25, -0.2) is 4.98 Å². The fourth-order valence-corrected chi connectivity index (χ4v) is 3.45. The molecule has 3 aromatic rings. The number of aromatic nitrogens is 2. The molecule has 0 radical (unpaired) electrons. The number of nitrogens with two attached hydrogens (primary N) is 1. The van der Waals surface area contributed by atoms with Crippen LogP contribution in [0.3, 0.4) is 0 Å². The number of benzene rings is 1. The van der Waals surface area contributed by atoms with Gasteiger partial charge >= 0.3 is 0 Å². The molecule has 110 valence electrons. The predicted molar refractivity (Wildman–Crippen MR) is 88.0 cm³/mol. The lowest BCUT2D eigenvalue weighted by atomic mass is 9.91. The highest BCUT2D eigenvalue weighted by atomic mass is 32.1. The lowest BCUT2D eigenvalue weighted by Gasteiger charge is -2.24. The summed E-state index contributed by atoms with van der Waals surface area (Å²) in [4.78, 5) is 5.81. The summed E-state index contributed by atoms with van der Waals surface area (Å²) in [6, 6.07) is 10.2. The number of nitrogen functional groups attached to an aromatic ring is 1. The largest absolute Gasteiger partial charge is 0.494 e. The van der Waals surface area contributed by atoms with E-state index in [2.05, 4.69) is 40.9 Å². The van der Waals surface area contributed by atoms with Crippen LogP contribution in [0.15, 0.2) is 35.7 Å². The third-order valence-corrected chi connectivity index (χ3v) is 4.97. The highest BCUT2D eigenvalue weighted by Crippen LogP contribution is 2.33. The molecule has 4 nitrogen and oxygen atoms in total. The molecule has 1 aromatic carbocycles. The SMILES string of the molecule is COc1cccc2c1nc(N)n2CC(C)(C)c1cccs1. The minimum atomic E-state index is -0.000999. The molecule has 0 aliphatic heterocycles. The number of imidazole rings is 1. The van der Waals surface area contributed by atoms with E-state index in [4.69, 9.17) is 10.5 Å². The van der Waals surface area contributed by atoms with Gasteiger partial charge in [0.1, 0.15) is 11.3 Å². The van der Waals surface area contributed by atoms with Gasteiger partial charge in [-0.15, -0.1) is 11.3 Å². The zero-order chi connectivity index (χ0) is 15.0. The van der Waals surface area contributed by atoms with E-state index in [0.29, 0.717) is 5.95 Å². The summed E-state index contributed by atoms with van der Waals surface area (Å²) in [6.45, 7) is 5.23. The van der Waals surface area contributed by atoms with E-state index in [0.717, 1.165) is 23.3 Å². The molecule has 2 aromatic heterocycles. The Morgan fingerprint density at radius 3 is 2.76 bits per heavy atom. The van der Waals surface area contributed by atoms with E-state index in [9.17, 15) is 0 Å². The summed E-state index contributed by atoms with van der Waals surface area (Å²) in [7, 11) is 1.65. The summed E-state index contributed by atoms with van der Waals surface area (Å²) in [5.74, 6) is 1.28. The first kappa shape index (κ1) is 13.9. The maximum atomic E-state index is 6.14. The standard InChI is InChI=1S/C16H19N3OS/c1-16(2,13-8-5-9-21-13)10-19-11-6-4-7-12(20-3)14(11)18-15(19)17/h4-9H,10H2,1-3H3,(H2,17,18). The van der Waals surface area contributed by atoms with Crippen molar-refractivity contribution in [2.75, 3.05) is 12.8 Å². The third-order valence-electron chi connectivity index (χ3n) is 3.73. The Bertz CT molecular complexity index is 759. The Kier molecular flexibility index (Phi) is 3.37. The second-order valence-corrected chi connectivity index (χ2v) is 6.69. The molecule has 0 aliphatic carbocycles. The number of rotatable bonds is 4. The fraction of sp³-hybridized carbons (Fsp3) is 0.312. The lowest BCUT2D eigenvalue weighted by molar-refractivity contribution is 0.419. The van der Waals surface area contributed by atoms with Crippen LogP contribution in [0.25, 0.3) is 11.0 Å². The lowest BCUT2D eigenvalue weighted by Crippen LogP contribution is -2.24. The van der Waals surface area contributed by atoms with Gasteiger partial charge in [-0.2, -0.15) is 0 Å². The molecule has 21 heavy (non-hydrogen) atoms. The first-order valence-electron chi connectivity index (χ1n) is 6.85. The van der Waals surface area contributed by atoms with Crippen molar-refractivity contribution in [1.82, 2.24) is 9.55 Å². The number of methoxy groups -OCH3 is 1. The molecule has 5 heteroatoms. The van der Waals surface area contributed by atoms with E-state index in [1.807, 2.05) is 18.2 Å². The number of anilines is 1. The zero-order valence-corrected chi connectivity index (χ0v) is 13.3. The van der Waals surface area contributed by atoms with Crippen LogP contribution in [0.4, 0.5) is 5.95 Å². The molecule has 0 aliphatic rings. The highest BCUT2D eigenvalue weighted by molar-refractivity contribution is 7.10. The van der Waals surface area contributed by atoms with Crippen LogP contribution in [0, 0.1) is 0 Å². The fourth-order valence-electron chi connectivity index (χ4n) is 2.61. The Labute approximate surface area is 128 Å². The van der Waals surface area contributed by atoms with Crippen molar-refractivity contribution >= 4 is 28.3 Å². The summed E-state index contributed by atoms with van der Waals surface area (Å²) in [5, 5.41) is 2.11. The smallest absolute Gasteiger partial charge is 0.201 e. The number of hydrogen-bond donors (Lipinski definition) is 1. The van der Waals surface area contributed by atoms with Crippen molar-refractivity contribution in [3.8, 4) is 5.75 Å². The Morgan fingerprint density at radius 1 is 1.29 bits per heavy atom.